The van der Waals surface area contributed by atoms with E-state index in [9.17, 15) is 13.2 Å². The Hall–Kier alpha value is -1.01. The lowest BCUT2D eigenvalue weighted by Gasteiger charge is -2.06. The summed E-state index contributed by atoms with van der Waals surface area (Å²) in [6.45, 7) is 4.77. The Morgan fingerprint density at radius 2 is 1.90 bits per heavy atom. The van der Waals surface area contributed by atoms with E-state index in [0.717, 1.165) is 19.3 Å². The molecule has 0 amide bonds. The third-order valence-corrected chi connectivity index (χ3v) is 4.50. The maximum Gasteiger partial charge on any atom is 0.354 e. The van der Waals surface area contributed by atoms with Gasteiger partial charge in [0.2, 0.25) is 0 Å². The van der Waals surface area contributed by atoms with Gasteiger partial charge in [-0.05, 0) is 19.4 Å². The highest BCUT2D eigenvalue weighted by Crippen LogP contribution is 2.19. The van der Waals surface area contributed by atoms with Gasteiger partial charge in [-0.3, -0.25) is 0 Å². The van der Waals surface area contributed by atoms with Crippen LogP contribution in [-0.4, -0.2) is 25.6 Å². The van der Waals surface area contributed by atoms with E-state index in [1.54, 1.807) is 0 Å². The zero-order valence-corrected chi connectivity index (χ0v) is 14.0. The lowest BCUT2D eigenvalue weighted by molar-refractivity contribution is 0.0485. The molecule has 0 saturated heterocycles. The number of nitrogens with zero attached hydrogens (tertiary/aromatic N) is 1. The molecule has 0 atom stereocenters. The highest BCUT2D eigenvalue weighted by molar-refractivity contribution is 8.13. The second-order valence-corrected chi connectivity index (χ2v) is 7.40. The third-order valence-electron chi connectivity index (χ3n) is 3.18. The lowest BCUT2D eigenvalue weighted by atomic mass is 10.2. The van der Waals surface area contributed by atoms with Gasteiger partial charge in [0.15, 0.2) is 0 Å². The van der Waals surface area contributed by atoms with Crippen LogP contribution in [0.1, 0.15) is 56.4 Å². The molecule has 1 aromatic heterocycles. The normalized spacial score (nSPS) is 11.6. The Balaban J connectivity index is 2.59. The number of esters is 1. The van der Waals surface area contributed by atoms with E-state index in [1.807, 2.05) is 6.92 Å². The minimum absolute atomic E-state index is 0.0825. The molecule has 0 aromatic carbocycles. The molecule has 0 bridgehead atoms. The van der Waals surface area contributed by atoms with Crippen LogP contribution in [0.3, 0.4) is 0 Å². The van der Waals surface area contributed by atoms with E-state index in [-0.39, 0.29) is 10.6 Å². The molecule has 1 aromatic rings. The number of aromatic nitrogens is 1. The van der Waals surface area contributed by atoms with Crippen molar-refractivity contribution in [3.05, 3.63) is 18.0 Å². The number of hydrogen-bond donors (Lipinski definition) is 0. The van der Waals surface area contributed by atoms with Gasteiger partial charge < -0.3 is 9.30 Å². The summed E-state index contributed by atoms with van der Waals surface area (Å²) in [5.74, 6) is -0.515. The fraction of sp³-hybridized carbons (Fsp3) is 0.643. The minimum Gasteiger partial charge on any atom is -0.461 e. The summed E-state index contributed by atoms with van der Waals surface area (Å²) < 4.78 is 29.3. The SMILES string of the molecule is CCCCCCCOC(=O)c1cc(S(=O)(=O)Cl)cn1CC. The molecule has 0 aliphatic heterocycles. The Labute approximate surface area is 130 Å². The summed E-state index contributed by atoms with van der Waals surface area (Å²) in [7, 11) is 1.45. The van der Waals surface area contributed by atoms with Crippen LogP contribution in [0.2, 0.25) is 0 Å². The quantitative estimate of drug-likeness (QED) is 0.393. The fourth-order valence-electron chi connectivity index (χ4n) is 1.99. The highest BCUT2D eigenvalue weighted by atomic mass is 35.7. The van der Waals surface area contributed by atoms with Crippen molar-refractivity contribution in [1.29, 1.82) is 0 Å². The van der Waals surface area contributed by atoms with Gasteiger partial charge in [-0.1, -0.05) is 32.6 Å². The summed E-state index contributed by atoms with van der Waals surface area (Å²) in [5, 5.41) is 0. The molecule has 0 N–H and O–H groups in total. The Morgan fingerprint density at radius 1 is 1.24 bits per heavy atom. The predicted molar refractivity (Wildman–Crippen MR) is 82.2 cm³/mol. The summed E-state index contributed by atoms with van der Waals surface area (Å²) in [6.07, 6.45) is 6.67. The molecule has 1 heterocycles. The molecule has 0 fully saturated rings. The van der Waals surface area contributed by atoms with Crippen molar-refractivity contribution in [1.82, 2.24) is 4.57 Å². The molecule has 7 heteroatoms. The zero-order valence-electron chi connectivity index (χ0n) is 12.5. The smallest absolute Gasteiger partial charge is 0.354 e. The summed E-state index contributed by atoms with van der Waals surface area (Å²) in [4.78, 5) is 11.9. The zero-order chi connectivity index (χ0) is 15.9. The first-order valence-corrected chi connectivity index (χ1v) is 9.53. The van der Waals surface area contributed by atoms with Gasteiger partial charge in [-0.15, -0.1) is 0 Å². The van der Waals surface area contributed by atoms with Crippen LogP contribution in [0, 0.1) is 0 Å². The van der Waals surface area contributed by atoms with Crippen LogP contribution in [0.5, 0.6) is 0 Å². The number of rotatable bonds is 9. The second kappa shape index (κ2) is 8.44. The molecule has 120 valence electrons. The van der Waals surface area contributed by atoms with Crippen LogP contribution in [0.15, 0.2) is 17.2 Å². The summed E-state index contributed by atoms with van der Waals surface area (Å²) >= 11 is 0. The van der Waals surface area contributed by atoms with Gasteiger partial charge in [0, 0.05) is 23.4 Å². The largest absolute Gasteiger partial charge is 0.461 e. The maximum absolute atomic E-state index is 12.0. The minimum atomic E-state index is -3.84. The molecular formula is C14H22ClNO4S. The molecule has 21 heavy (non-hydrogen) atoms. The monoisotopic (exact) mass is 335 g/mol. The highest BCUT2D eigenvalue weighted by Gasteiger charge is 2.20. The van der Waals surface area contributed by atoms with Crippen LogP contribution in [-0.2, 0) is 20.3 Å². The molecule has 0 aliphatic carbocycles. The van der Waals surface area contributed by atoms with E-state index in [1.165, 1.54) is 29.7 Å². The van der Waals surface area contributed by atoms with Gasteiger partial charge in [-0.25, -0.2) is 13.2 Å². The van der Waals surface area contributed by atoms with Crippen molar-refractivity contribution in [2.75, 3.05) is 6.61 Å². The fourth-order valence-corrected chi connectivity index (χ4v) is 2.75. The number of carbonyl (C=O) groups is 1. The van der Waals surface area contributed by atoms with Crippen molar-refractivity contribution in [2.24, 2.45) is 0 Å². The van der Waals surface area contributed by atoms with Gasteiger partial charge in [-0.2, -0.15) is 0 Å². The van der Waals surface area contributed by atoms with Crippen molar-refractivity contribution in [3.63, 3.8) is 0 Å². The molecule has 1 rings (SSSR count). The molecule has 5 nitrogen and oxygen atoms in total. The van der Waals surface area contributed by atoms with Crippen molar-refractivity contribution >= 4 is 25.7 Å². The van der Waals surface area contributed by atoms with Crippen LogP contribution >= 0.6 is 10.7 Å². The van der Waals surface area contributed by atoms with E-state index in [2.05, 4.69) is 6.92 Å². The average molecular weight is 336 g/mol. The topological polar surface area (TPSA) is 65.4 Å². The molecule has 0 saturated carbocycles. The van der Waals surface area contributed by atoms with Gasteiger partial charge in [0.05, 0.1) is 6.61 Å². The number of hydrogen-bond acceptors (Lipinski definition) is 4. The number of halogens is 1. The molecule has 0 radical (unpaired) electrons. The summed E-state index contributed by atoms with van der Waals surface area (Å²) in [5.41, 5.74) is 0.213. The van der Waals surface area contributed by atoms with Crippen molar-refractivity contribution < 1.29 is 17.9 Å². The molecule has 0 spiro atoms. The number of aryl methyl sites for hydroxylation is 1. The number of unbranched alkanes of at least 4 members (excludes halogenated alkanes) is 4. The molecular weight excluding hydrogens is 314 g/mol. The molecule has 0 unspecified atom stereocenters. The Kier molecular flexibility index (Phi) is 7.25. The number of ether oxygens (including phenoxy) is 1. The molecule has 0 aliphatic rings. The third kappa shape index (κ3) is 5.71. The van der Waals surface area contributed by atoms with Gasteiger partial charge in [0.25, 0.3) is 9.05 Å². The van der Waals surface area contributed by atoms with Crippen LogP contribution in [0.25, 0.3) is 0 Å². The van der Waals surface area contributed by atoms with Crippen LogP contribution in [0.4, 0.5) is 0 Å². The Bertz CT molecular complexity index is 566. The second-order valence-electron chi connectivity index (χ2n) is 4.84. The first-order valence-electron chi connectivity index (χ1n) is 7.22. The standard InChI is InChI=1S/C14H22ClNO4S/c1-3-5-6-7-8-9-20-14(17)13-10-12(21(15,18)19)11-16(13)4-2/h10-11H,3-9H2,1-2H3. The van der Waals surface area contributed by atoms with Gasteiger partial charge in [0.1, 0.15) is 10.6 Å². The van der Waals surface area contributed by atoms with E-state index >= 15 is 0 Å². The predicted octanol–water partition coefficient (Wildman–Crippen LogP) is 3.56. The maximum atomic E-state index is 12.0. The first-order chi connectivity index (χ1) is 9.90. The van der Waals surface area contributed by atoms with E-state index in [4.69, 9.17) is 15.4 Å². The van der Waals surface area contributed by atoms with E-state index < -0.39 is 15.0 Å². The van der Waals surface area contributed by atoms with Crippen molar-refractivity contribution in [3.8, 4) is 0 Å². The number of carbonyl (C=O) groups excluding carboxylic acids is 1. The Morgan fingerprint density at radius 3 is 2.48 bits per heavy atom. The average Bonchev–Trinajstić information content (AvgIpc) is 2.86. The first kappa shape index (κ1) is 18.0. The van der Waals surface area contributed by atoms with Gasteiger partial charge >= 0.3 is 5.97 Å². The lowest BCUT2D eigenvalue weighted by Crippen LogP contribution is -2.11. The van der Waals surface area contributed by atoms with Crippen LogP contribution < -0.4 is 0 Å². The summed E-state index contributed by atoms with van der Waals surface area (Å²) in [6, 6.07) is 1.26. The van der Waals surface area contributed by atoms with Crippen molar-refractivity contribution in [2.45, 2.75) is 57.4 Å². The van der Waals surface area contributed by atoms with E-state index in [0.29, 0.717) is 13.2 Å².